The average molecular weight is 302 g/mol. The summed E-state index contributed by atoms with van der Waals surface area (Å²) >= 11 is 0. The molecule has 1 aromatic carbocycles. The van der Waals surface area contributed by atoms with Gasteiger partial charge in [-0.2, -0.15) is 10.3 Å². The number of hydrogen-bond acceptors (Lipinski definition) is 5. The molecule has 1 fully saturated rings. The molecular weight excluding hydrogens is 280 g/mol. The van der Waals surface area contributed by atoms with Gasteiger partial charge in [-0.1, -0.05) is 26.0 Å². The third-order valence-electron chi connectivity index (χ3n) is 3.64. The molecule has 118 valence electrons. The zero-order valence-corrected chi connectivity index (χ0v) is 13.3. The first-order valence-electron chi connectivity index (χ1n) is 7.55. The van der Waals surface area contributed by atoms with Gasteiger partial charge in [-0.3, -0.25) is 9.63 Å². The summed E-state index contributed by atoms with van der Waals surface area (Å²) in [5, 5.41) is 10.6. The van der Waals surface area contributed by atoms with Gasteiger partial charge < -0.3 is 4.74 Å². The Hall–Kier alpha value is -1.90. The van der Waals surface area contributed by atoms with Crippen molar-refractivity contribution in [2.75, 3.05) is 13.7 Å². The van der Waals surface area contributed by atoms with Crippen LogP contribution in [0.5, 0.6) is 0 Å². The predicted molar refractivity (Wildman–Crippen MR) is 81.6 cm³/mol. The van der Waals surface area contributed by atoms with Crippen molar-refractivity contribution < 1.29 is 14.4 Å². The molecule has 0 N–H and O–H groups in total. The van der Waals surface area contributed by atoms with Crippen LogP contribution in [-0.4, -0.2) is 30.8 Å². The second-order valence-electron chi connectivity index (χ2n) is 6.04. The number of nitriles is 1. The van der Waals surface area contributed by atoms with Gasteiger partial charge in [0.25, 0.3) is 0 Å². The summed E-state index contributed by atoms with van der Waals surface area (Å²) in [4.78, 5) is 17.5. The highest BCUT2D eigenvalue weighted by Gasteiger charge is 2.33. The summed E-state index contributed by atoms with van der Waals surface area (Å²) < 4.78 is 5.20. The van der Waals surface area contributed by atoms with Crippen molar-refractivity contribution in [2.45, 2.75) is 38.8 Å². The molecule has 0 aliphatic carbocycles. The third-order valence-corrected chi connectivity index (χ3v) is 3.64. The maximum atomic E-state index is 11.8. The van der Waals surface area contributed by atoms with Gasteiger partial charge in [0.15, 0.2) is 0 Å². The van der Waals surface area contributed by atoms with E-state index in [1.807, 2.05) is 33.0 Å². The highest BCUT2D eigenvalue weighted by Crippen LogP contribution is 2.34. The lowest BCUT2D eigenvalue weighted by molar-refractivity contribution is -0.163. The molecule has 0 radical (unpaired) electrons. The maximum absolute atomic E-state index is 11.8. The molecule has 1 aromatic rings. The third kappa shape index (κ3) is 4.30. The van der Waals surface area contributed by atoms with Crippen LogP contribution in [0.1, 0.15) is 43.9 Å². The minimum atomic E-state index is -0.215. The number of carbonyl (C=O) groups is 1. The van der Waals surface area contributed by atoms with Crippen LogP contribution in [0.2, 0.25) is 0 Å². The quantitative estimate of drug-likeness (QED) is 0.783. The molecule has 1 aliphatic heterocycles. The molecule has 0 saturated carbocycles. The Bertz CT molecular complexity index is 548. The maximum Gasteiger partial charge on any atom is 0.308 e. The van der Waals surface area contributed by atoms with Gasteiger partial charge in [0, 0.05) is 7.05 Å². The number of nitrogens with zero attached hydrogens (tertiary/aromatic N) is 2. The first kappa shape index (κ1) is 16.5. The van der Waals surface area contributed by atoms with E-state index in [2.05, 4.69) is 6.07 Å². The lowest BCUT2D eigenvalue weighted by Crippen LogP contribution is -2.19. The fourth-order valence-corrected chi connectivity index (χ4v) is 2.50. The molecule has 2 atom stereocenters. The minimum absolute atomic E-state index is 0.0932. The highest BCUT2D eigenvalue weighted by molar-refractivity contribution is 5.70. The summed E-state index contributed by atoms with van der Waals surface area (Å²) in [6.45, 7) is 4.46. The van der Waals surface area contributed by atoms with Gasteiger partial charge in [-0.25, -0.2) is 0 Å². The van der Waals surface area contributed by atoms with Gasteiger partial charge in [0.05, 0.1) is 36.8 Å². The predicted octanol–water partition coefficient (Wildman–Crippen LogP) is 2.82. The van der Waals surface area contributed by atoms with E-state index >= 15 is 0 Å². The Morgan fingerprint density at radius 3 is 2.73 bits per heavy atom. The fraction of sp³-hybridized carbons (Fsp3) is 0.529. The van der Waals surface area contributed by atoms with Gasteiger partial charge in [0.1, 0.15) is 0 Å². The second-order valence-corrected chi connectivity index (χ2v) is 6.04. The fourth-order valence-electron chi connectivity index (χ4n) is 2.50. The van der Waals surface area contributed by atoms with Crippen LogP contribution in [0.3, 0.4) is 0 Å². The van der Waals surface area contributed by atoms with Gasteiger partial charge in [-0.15, -0.1) is 0 Å². The Morgan fingerprint density at radius 1 is 1.45 bits per heavy atom. The Morgan fingerprint density at radius 2 is 2.14 bits per heavy atom. The van der Waals surface area contributed by atoms with Crippen molar-refractivity contribution in [1.29, 1.82) is 5.26 Å². The van der Waals surface area contributed by atoms with Gasteiger partial charge in [-0.05, 0) is 30.0 Å². The molecule has 1 saturated heterocycles. The van der Waals surface area contributed by atoms with E-state index in [9.17, 15) is 4.79 Å². The molecule has 1 aliphatic rings. The van der Waals surface area contributed by atoms with E-state index in [0.717, 1.165) is 12.0 Å². The van der Waals surface area contributed by atoms with Crippen molar-refractivity contribution in [2.24, 2.45) is 5.92 Å². The Kier molecular flexibility index (Phi) is 5.53. The molecular formula is C17H22N2O3. The number of carbonyl (C=O) groups excluding carboxylic acids is 1. The first-order chi connectivity index (χ1) is 10.5. The smallest absolute Gasteiger partial charge is 0.308 e. The molecule has 0 bridgehead atoms. The first-order valence-corrected chi connectivity index (χ1v) is 7.55. The zero-order chi connectivity index (χ0) is 16.1. The number of hydroxylamine groups is 2. The number of hydrogen-bond donors (Lipinski definition) is 0. The molecule has 0 aromatic heterocycles. The van der Waals surface area contributed by atoms with Crippen molar-refractivity contribution in [3.05, 3.63) is 35.4 Å². The summed E-state index contributed by atoms with van der Waals surface area (Å²) in [5.41, 5.74) is 1.72. The highest BCUT2D eigenvalue weighted by atomic mass is 16.7. The standard InChI is InChI=1S/C17H22N2O3/c1-12(2)11-21-17(20)9-15-8-16(19(3)22-15)14-6-4-13(10-18)5-7-14/h4-7,12,15-16H,8-9,11H2,1-3H3/t15-,16+/m0/s1. The van der Waals surface area contributed by atoms with Crippen molar-refractivity contribution >= 4 is 5.97 Å². The van der Waals surface area contributed by atoms with Gasteiger partial charge >= 0.3 is 5.97 Å². The molecule has 0 amide bonds. The van der Waals surface area contributed by atoms with Crippen LogP contribution < -0.4 is 0 Å². The number of rotatable bonds is 5. The molecule has 22 heavy (non-hydrogen) atoms. The molecule has 0 spiro atoms. The van der Waals surface area contributed by atoms with Crippen LogP contribution in [0.15, 0.2) is 24.3 Å². The van der Waals surface area contributed by atoms with E-state index < -0.39 is 0 Å². The van der Waals surface area contributed by atoms with E-state index in [-0.39, 0.29) is 24.5 Å². The number of ether oxygens (including phenoxy) is 1. The minimum Gasteiger partial charge on any atom is -0.465 e. The summed E-state index contributed by atoms with van der Waals surface area (Å²) in [7, 11) is 1.86. The average Bonchev–Trinajstić information content (AvgIpc) is 2.85. The number of esters is 1. The lowest BCUT2D eigenvalue weighted by Gasteiger charge is -2.17. The van der Waals surface area contributed by atoms with Crippen molar-refractivity contribution in [1.82, 2.24) is 5.06 Å². The van der Waals surface area contributed by atoms with Crippen LogP contribution in [-0.2, 0) is 14.4 Å². The Balaban J connectivity index is 1.91. The number of benzene rings is 1. The normalized spacial score (nSPS) is 21.8. The summed E-state index contributed by atoms with van der Waals surface area (Å²) in [6.07, 6.45) is 0.841. The SMILES string of the molecule is CC(C)COC(=O)C[C@@H]1C[C@H](c2ccc(C#N)cc2)N(C)O1. The molecule has 5 nitrogen and oxygen atoms in total. The largest absolute Gasteiger partial charge is 0.465 e. The van der Waals surface area contributed by atoms with E-state index in [4.69, 9.17) is 14.8 Å². The lowest BCUT2D eigenvalue weighted by atomic mass is 9.99. The van der Waals surface area contributed by atoms with Crippen LogP contribution in [0.25, 0.3) is 0 Å². The summed E-state index contributed by atoms with van der Waals surface area (Å²) in [5.74, 6) is 0.120. The molecule has 1 heterocycles. The Labute approximate surface area is 131 Å². The molecule has 2 rings (SSSR count). The van der Waals surface area contributed by atoms with Crippen LogP contribution >= 0.6 is 0 Å². The summed E-state index contributed by atoms with van der Waals surface area (Å²) in [6, 6.07) is 9.67. The molecule has 0 unspecified atom stereocenters. The topological polar surface area (TPSA) is 62.6 Å². The van der Waals surface area contributed by atoms with E-state index in [1.54, 1.807) is 17.2 Å². The van der Waals surface area contributed by atoms with Crippen molar-refractivity contribution in [3.8, 4) is 6.07 Å². The van der Waals surface area contributed by atoms with E-state index in [1.165, 1.54) is 0 Å². The van der Waals surface area contributed by atoms with E-state index in [0.29, 0.717) is 18.1 Å². The van der Waals surface area contributed by atoms with Crippen LogP contribution in [0.4, 0.5) is 0 Å². The van der Waals surface area contributed by atoms with Gasteiger partial charge in [0.2, 0.25) is 0 Å². The second kappa shape index (κ2) is 7.39. The molecule has 5 heteroatoms. The zero-order valence-electron chi connectivity index (χ0n) is 13.3. The van der Waals surface area contributed by atoms with Crippen molar-refractivity contribution in [3.63, 3.8) is 0 Å². The monoisotopic (exact) mass is 302 g/mol. The van der Waals surface area contributed by atoms with Crippen LogP contribution in [0, 0.1) is 17.2 Å².